The second kappa shape index (κ2) is 7.53. The first-order valence-corrected chi connectivity index (χ1v) is 8.94. The standard InChI is InChI=1S/C21H23N3O/c1-2-6-16(7-3-1)14-18(23-17-10-12-22-13-11-17)15-21-24-19-8-4-5-9-20(19)25-21/h1-9,14,17,22-23H,10-13,15H2. The molecule has 0 amide bonds. The zero-order chi connectivity index (χ0) is 16.9. The number of para-hydroxylation sites is 2. The minimum absolute atomic E-state index is 0.501. The number of hydrogen-bond donors (Lipinski definition) is 2. The van der Waals surface area contributed by atoms with E-state index < -0.39 is 0 Å². The molecule has 1 aliphatic heterocycles. The molecule has 0 bridgehead atoms. The second-order valence-corrected chi connectivity index (χ2v) is 6.50. The van der Waals surface area contributed by atoms with Gasteiger partial charge < -0.3 is 15.1 Å². The summed E-state index contributed by atoms with van der Waals surface area (Å²) in [4.78, 5) is 4.63. The lowest BCUT2D eigenvalue weighted by Gasteiger charge is -2.26. The molecule has 0 radical (unpaired) electrons. The maximum Gasteiger partial charge on any atom is 0.201 e. The van der Waals surface area contributed by atoms with Gasteiger partial charge in [0, 0.05) is 11.7 Å². The number of aromatic nitrogens is 1. The van der Waals surface area contributed by atoms with Crippen LogP contribution in [0.15, 0.2) is 64.7 Å². The van der Waals surface area contributed by atoms with E-state index in [0.717, 1.165) is 48.6 Å². The maximum atomic E-state index is 5.92. The monoisotopic (exact) mass is 333 g/mol. The average Bonchev–Trinajstić information content (AvgIpc) is 3.05. The Hall–Kier alpha value is -2.59. The Kier molecular flexibility index (Phi) is 4.79. The normalized spacial score (nSPS) is 16.2. The topological polar surface area (TPSA) is 50.1 Å². The highest BCUT2D eigenvalue weighted by Gasteiger charge is 2.15. The molecule has 4 heteroatoms. The Morgan fingerprint density at radius 1 is 1.08 bits per heavy atom. The molecule has 128 valence electrons. The molecule has 0 unspecified atom stereocenters. The van der Waals surface area contributed by atoms with Gasteiger partial charge in [0.1, 0.15) is 5.52 Å². The summed E-state index contributed by atoms with van der Waals surface area (Å²) in [6.07, 6.45) is 5.16. The fourth-order valence-electron chi connectivity index (χ4n) is 3.28. The van der Waals surface area contributed by atoms with E-state index in [0.29, 0.717) is 12.5 Å². The SMILES string of the molecule is C(=C(Cc1nc2ccccc2o1)NC1CCNCC1)c1ccccc1. The van der Waals surface area contributed by atoms with E-state index in [1.807, 2.05) is 30.3 Å². The van der Waals surface area contributed by atoms with Crippen LogP contribution in [-0.4, -0.2) is 24.1 Å². The molecule has 2 N–H and O–H groups in total. The zero-order valence-electron chi connectivity index (χ0n) is 14.2. The predicted molar refractivity (Wildman–Crippen MR) is 101 cm³/mol. The highest BCUT2D eigenvalue weighted by atomic mass is 16.3. The Morgan fingerprint density at radius 2 is 1.84 bits per heavy atom. The van der Waals surface area contributed by atoms with Crippen molar-refractivity contribution in [2.24, 2.45) is 0 Å². The number of oxazole rings is 1. The lowest BCUT2D eigenvalue weighted by molar-refractivity contribution is 0.407. The smallest absolute Gasteiger partial charge is 0.201 e. The molecule has 2 aromatic carbocycles. The minimum atomic E-state index is 0.501. The molecular formula is C21H23N3O. The van der Waals surface area contributed by atoms with Gasteiger partial charge in [-0.25, -0.2) is 4.98 Å². The van der Waals surface area contributed by atoms with Crippen molar-refractivity contribution in [2.45, 2.75) is 25.3 Å². The van der Waals surface area contributed by atoms with E-state index >= 15 is 0 Å². The minimum Gasteiger partial charge on any atom is -0.440 e. The van der Waals surface area contributed by atoms with Crippen molar-refractivity contribution in [3.63, 3.8) is 0 Å². The summed E-state index contributed by atoms with van der Waals surface area (Å²) >= 11 is 0. The number of benzene rings is 2. The molecule has 1 aliphatic rings. The van der Waals surface area contributed by atoms with Crippen LogP contribution in [0.25, 0.3) is 17.2 Å². The molecule has 0 aliphatic carbocycles. The molecular weight excluding hydrogens is 310 g/mol. The highest BCUT2D eigenvalue weighted by molar-refractivity contribution is 5.72. The van der Waals surface area contributed by atoms with Gasteiger partial charge in [0.2, 0.25) is 5.89 Å². The lowest BCUT2D eigenvalue weighted by Crippen LogP contribution is -2.39. The quantitative estimate of drug-likeness (QED) is 0.746. The zero-order valence-corrected chi connectivity index (χ0v) is 14.2. The van der Waals surface area contributed by atoms with Crippen LogP contribution in [0.4, 0.5) is 0 Å². The van der Waals surface area contributed by atoms with Crippen molar-refractivity contribution in [3.8, 4) is 0 Å². The molecule has 0 spiro atoms. The Balaban J connectivity index is 1.58. The van der Waals surface area contributed by atoms with Gasteiger partial charge in [-0.3, -0.25) is 0 Å². The van der Waals surface area contributed by atoms with Gasteiger partial charge in [-0.1, -0.05) is 42.5 Å². The Bertz CT molecular complexity index is 815. The summed E-state index contributed by atoms with van der Waals surface area (Å²) in [5.74, 6) is 0.754. The van der Waals surface area contributed by atoms with Gasteiger partial charge in [-0.2, -0.15) is 0 Å². The van der Waals surface area contributed by atoms with Gasteiger partial charge in [-0.15, -0.1) is 0 Å². The van der Waals surface area contributed by atoms with Gasteiger partial charge in [-0.05, 0) is 49.7 Å². The number of piperidine rings is 1. The van der Waals surface area contributed by atoms with Crippen molar-refractivity contribution in [2.75, 3.05) is 13.1 Å². The van der Waals surface area contributed by atoms with Crippen LogP contribution in [0.5, 0.6) is 0 Å². The van der Waals surface area contributed by atoms with Crippen molar-refractivity contribution < 1.29 is 4.42 Å². The van der Waals surface area contributed by atoms with Gasteiger partial charge in [0.05, 0.1) is 6.42 Å². The van der Waals surface area contributed by atoms with E-state index in [-0.39, 0.29) is 0 Å². The molecule has 4 rings (SSSR count). The number of nitrogens with zero attached hydrogens (tertiary/aromatic N) is 1. The van der Waals surface area contributed by atoms with Crippen molar-refractivity contribution in [1.29, 1.82) is 0 Å². The largest absolute Gasteiger partial charge is 0.440 e. The van der Waals surface area contributed by atoms with E-state index in [2.05, 4.69) is 46.0 Å². The molecule has 4 nitrogen and oxygen atoms in total. The Labute approximate surface area is 148 Å². The summed E-state index contributed by atoms with van der Waals surface area (Å²) in [6.45, 7) is 2.14. The molecule has 1 fully saturated rings. The third-order valence-corrected chi connectivity index (χ3v) is 4.55. The molecule has 1 saturated heterocycles. The summed E-state index contributed by atoms with van der Waals surface area (Å²) in [5, 5.41) is 7.13. The number of fused-ring (bicyclic) bond motifs is 1. The number of rotatable bonds is 5. The van der Waals surface area contributed by atoms with E-state index in [4.69, 9.17) is 4.42 Å². The molecule has 3 aromatic rings. The highest BCUT2D eigenvalue weighted by Crippen LogP contribution is 2.18. The maximum absolute atomic E-state index is 5.92. The average molecular weight is 333 g/mol. The van der Waals surface area contributed by atoms with E-state index in [1.165, 1.54) is 5.56 Å². The van der Waals surface area contributed by atoms with Crippen LogP contribution in [0.2, 0.25) is 0 Å². The van der Waals surface area contributed by atoms with Crippen LogP contribution in [0.1, 0.15) is 24.3 Å². The van der Waals surface area contributed by atoms with Gasteiger partial charge in [0.25, 0.3) is 0 Å². The Morgan fingerprint density at radius 3 is 2.64 bits per heavy atom. The van der Waals surface area contributed by atoms with Crippen molar-refractivity contribution in [1.82, 2.24) is 15.6 Å². The van der Waals surface area contributed by atoms with Crippen LogP contribution in [0, 0.1) is 0 Å². The van der Waals surface area contributed by atoms with Crippen LogP contribution < -0.4 is 10.6 Å². The summed E-state index contributed by atoms with van der Waals surface area (Å²) < 4.78 is 5.92. The van der Waals surface area contributed by atoms with Crippen LogP contribution in [-0.2, 0) is 6.42 Å². The summed E-state index contributed by atoms with van der Waals surface area (Å²) in [7, 11) is 0. The molecule has 0 atom stereocenters. The number of nitrogens with one attached hydrogen (secondary N) is 2. The lowest BCUT2D eigenvalue weighted by atomic mass is 10.1. The first-order valence-electron chi connectivity index (χ1n) is 8.94. The van der Waals surface area contributed by atoms with Gasteiger partial charge >= 0.3 is 0 Å². The fourth-order valence-corrected chi connectivity index (χ4v) is 3.28. The number of hydrogen-bond acceptors (Lipinski definition) is 4. The fraction of sp³-hybridized carbons (Fsp3) is 0.286. The first-order chi connectivity index (χ1) is 12.4. The predicted octanol–water partition coefficient (Wildman–Crippen LogP) is 3.75. The van der Waals surface area contributed by atoms with E-state index in [9.17, 15) is 0 Å². The number of allylic oxidation sites excluding steroid dienone is 1. The molecule has 2 heterocycles. The molecule has 0 saturated carbocycles. The first kappa shape index (κ1) is 15.9. The summed E-state index contributed by atoms with van der Waals surface area (Å²) in [6, 6.07) is 18.8. The third kappa shape index (κ3) is 4.09. The second-order valence-electron chi connectivity index (χ2n) is 6.50. The van der Waals surface area contributed by atoms with E-state index in [1.54, 1.807) is 0 Å². The molecule has 25 heavy (non-hydrogen) atoms. The molecule has 1 aromatic heterocycles. The van der Waals surface area contributed by atoms with Gasteiger partial charge in [0.15, 0.2) is 5.58 Å². The van der Waals surface area contributed by atoms with Crippen molar-refractivity contribution >= 4 is 17.2 Å². The summed E-state index contributed by atoms with van der Waals surface area (Å²) in [5.41, 5.74) is 4.11. The third-order valence-electron chi connectivity index (χ3n) is 4.55. The van der Waals surface area contributed by atoms with Crippen LogP contribution >= 0.6 is 0 Å². The van der Waals surface area contributed by atoms with Crippen LogP contribution in [0.3, 0.4) is 0 Å². The van der Waals surface area contributed by atoms with Crippen molar-refractivity contribution in [3.05, 3.63) is 71.7 Å².